The monoisotopic (exact) mass is 196 g/mol. The number of piperazine rings is 1. The van der Waals surface area contributed by atoms with Crippen LogP contribution in [0.25, 0.3) is 0 Å². The van der Waals surface area contributed by atoms with E-state index in [1.54, 1.807) is 0 Å². The second-order valence-electron chi connectivity index (χ2n) is 5.00. The van der Waals surface area contributed by atoms with Gasteiger partial charge < -0.3 is 5.32 Å². The molecule has 1 aliphatic heterocycles. The summed E-state index contributed by atoms with van der Waals surface area (Å²) in [7, 11) is 0. The average molecular weight is 196 g/mol. The standard InChI is InChI=1S/C12H24N2/c1-11-10-14(9-8-13-11)12-6-4-2-3-5-7-12/h11-13H,2-10H2,1H3/t11-/m1/s1. The summed E-state index contributed by atoms with van der Waals surface area (Å²) < 4.78 is 0. The van der Waals surface area contributed by atoms with E-state index in [1.165, 1.54) is 58.2 Å². The average Bonchev–Trinajstić information content (AvgIpc) is 2.45. The third kappa shape index (κ3) is 2.71. The highest BCUT2D eigenvalue weighted by Gasteiger charge is 2.23. The van der Waals surface area contributed by atoms with E-state index in [-0.39, 0.29) is 0 Å². The van der Waals surface area contributed by atoms with E-state index in [0.717, 1.165) is 6.04 Å². The van der Waals surface area contributed by atoms with Crippen LogP contribution < -0.4 is 5.32 Å². The number of hydrogen-bond donors (Lipinski definition) is 1. The van der Waals surface area contributed by atoms with E-state index in [1.807, 2.05) is 0 Å². The summed E-state index contributed by atoms with van der Waals surface area (Å²) in [5.41, 5.74) is 0. The Kier molecular flexibility index (Phi) is 3.82. The zero-order chi connectivity index (χ0) is 9.80. The van der Waals surface area contributed by atoms with E-state index in [0.29, 0.717) is 6.04 Å². The quantitative estimate of drug-likeness (QED) is 0.645. The van der Waals surface area contributed by atoms with Crippen LogP contribution in [0.15, 0.2) is 0 Å². The topological polar surface area (TPSA) is 15.3 Å². The zero-order valence-electron chi connectivity index (χ0n) is 9.47. The van der Waals surface area contributed by atoms with Crippen molar-refractivity contribution in [2.45, 2.75) is 57.5 Å². The van der Waals surface area contributed by atoms with Crippen LogP contribution in [0.3, 0.4) is 0 Å². The summed E-state index contributed by atoms with van der Waals surface area (Å²) in [4.78, 5) is 2.73. The van der Waals surface area contributed by atoms with Gasteiger partial charge in [0.2, 0.25) is 0 Å². The van der Waals surface area contributed by atoms with E-state index in [2.05, 4.69) is 17.1 Å². The summed E-state index contributed by atoms with van der Waals surface area (Å²) >= 11 is 0. The van der Waals surface area contributed by atoms with Crippen LogP contribution in [0, 0.1) is 0 Å². The Bertz CT molecular complexity index is 162. The predicted octanol–water partition coefficient (Wildman–Crippen LogP) is 2.00. The van der Waals surface area contributed by atoms with Crippen molar-refractivity contribution in [3.63, 3.8) is 0 Å². The highest BCUT2D eigenvalue weighted by atomic mass is 15.2. The molecular formula is C12H24N2. The molecule has 1 saturated heterocycles. The molecule has 2 aliphatic rings. The Balaban J connectivity index is 1.85. The Labute approximate surface area is 88.1 Å². The van der Waals surface area contributed by atoms with Crippen molar-refractivity contribution < 1.29 is 0 Å². The number of nitrogens with zero attached hydrogens (tertiary/aromatic N) is 1. The Morgan fingerprint density at radius 2 is 1.79 bits per heavy atom. The highest BCUT2D eigenvalue weighted by molar-refractivity contribution is 4.81. The molecule has 14 heavy (non-hydrogen) atoms. The van der Waals surface area contributed by atoms with Gasteiger partial charge in [-0.1, -0.05) is 25.7 Å². The van der Waals surface area contributed by atoms with Gasteiger partial charge in [0, 0.05) is 31.7 Å². The van der Waals surface area contributed by atoms with Crippen LogP contribution in [-0.2, 0) is 0 Å². The predicted molar refractivity (Wildman–Crippen MR) is 60.5 cm³/mol. The van der Waals surface area contributed by atoms with Gasteiger partial charge in [-0.05, 0) is 19.8 Å². The molecular weight excluding hydrogens is 172 g/mol. The van der Waals surface area contributed by atoms with Crippen LogP contribution in [0.1, 0.15) is 45.4 Å². The minimum Gasteiger partial charge on any atom is -0.312 e. The Hall–Kier alpha value is -0.0800. The van der Waals surface area contributed by atoms with Crippen molar-refractivity contribution in [1.29, 1.82) is 0 Å². The van der Waals surface area contributed by atoms with Crippen molar-refractivity contribution in [1.82, 2.24) is 10.2 Å². The second-order valence-corrected chi connectivity index (χ2v) is 5.00. The molecule has 1 saturated carbocycles. The second kappa shape index (κ2) is 5.13. The van der Waals surface area contributed by atoms with Gasteiger partial charge in [0.25, 0.3) is 0 Å². The number of hydrogen-bond acceptors (Lipinski definition) is 2. The molecule has 1 heterocycles. The summed E-state index contributed by atoms with van der Waals surface area (Å²) in [6.07, 6.45) is 8.77. The fourth-order valence-corrected chi connectivity index (χ4v) is 2.92. The zero-order valence-corrected chi connectivity index (χ0v) is 9.47. The molecule has 0 spiro atoms. The molecule has 1 aliphatic carbocycles. The van der Waals surface area contributed by atoms with Crippen molar-refractivity contribution in [2.24, 2.45) is 0 Å². The minimum absolute atomic E-state index is 0.701. The molecule has 2 nitrogen and oxygen atoms in total. The van der Waals surface area contributed by atoms with Gasteiger partial charge in [0.1, 0.15) is 0 Å². The summed E-state index contributed by atoms with van der Waals surface area (Å²) in [5.74, 6) is 0. The summed E-state index contributed by atoms with van der Waals surface area (Å²) in [6, 6.07) is 1.61. The van der Waals surface area contributed by atoms with Crippen molar-refractivity contribution in [2.75, 3.05) is 19.6 Å². The van der Waals surface area contributed by atoms with Gasteiger partial charge in [0.05, 0.1) is 0 Å². The van der Waals surface area contributed by atoms with Gasteiger partial charge in [-0.25, -0.2) is 0 Å². The number of nitrogens with one attached hydrogen (secondary N) is 1. The lowest BCUT2D eigenvalue weighted by Crippen LogP contribution is -2.52. The molecule has 82 valence electrons. The molecule has 2 rings (SSSR count). The summed E-state index contributed by atoms with van der Waals surface area (Å²) in [6.45, 7) is 6.04. The smallest absolute Gasteiger partial charge is 0.0167 e. The normalized spacial score (nSPS) is 32.8. The van der Waals surface area contributed by atoms with Crippen LogP contribution in [0.2, 0.25) is 0 Å². The van der Waals surface area contributed by atoms with E-state index in [9.17, 15) is 0 Å². The lowest BCUT2D eigenvalue weighted by Gasteiger charge is -2.37. The Morgan fingerprint density at radius 3 is 2.43 bits per heavy atom. The van der Waals surface area contributed by atoms with Crippen LogP contribution in [0.4, 0.5) is 0 Å². The van der Waals surface area contributed by atoms with Gasteiger partial charge in [-0.15, -0.1) is 0 Å². The molecule has 0 radical (unpaired) electrons. The first-order valence-corrected chi connectivity index (χ1v) is 6.33. The highest BCUT2D eigenvalue weighted by Crippen LogP contribution is 2.22. The molecule has 1 N–H and O–H groups in total. The van der Waals surface area contributed by atoms with E-state index < -0.39 is 0 Å². The first-order chi connectivity index (χ1) is 6.86. The number of rotatable bonds is 1. The van der Waals surface area contributed by atoms with Gasteiger partial charge in [0.15, 0.2) is 0 Å². The van der Waals surface area contributed by atoms with Crippen LogP contribution in [-0.4, -0.2) is 36.6 Å². The summed E-state index contributed by atoms with van der Waals surface area (Å²) in [5, 5.41) is 3.52. The van der Waals surface area contributed by atoms with E-state index >= 15 is 0 Å². The lowest BCUT2D eigenvalue weighted by atomic mass is 10.1. The maximum atomic E-state index is 3.52. The largest absolute Gasteiger partial charge is 0.312 e. The van der Waals surface area contributed by atoms with Crippen LogP contribution >= 0.6 is 0 Å². The third-order valence-electron chi connectivity index (χ3n) is 3.74. The molecule has 2 fully saturated rings. The third-order valence-corrected chi connectivity index (χ3v) is 3.74. The molecule has 0 bridgehead atoms. The lowest BCUT2D eigenvalue weighted by molar-refractivity contribution is 0.136. The fourth-order valence-electron chi connectivity index (χ4n) is 2.92. The first-order valence-electron chi connectivity index (χ1n) is 6.33. The SMILES string of the molecule is C[C@@H]1CN(C2CCCCCC2)CCN1. The molecule has 1 atom stereocenters. The van der Waals surface area contributed by atoms with Gasteiger partial charge in [-0.3, -0.25) is 4.90 Å². The van der Waals surface area contributed by atoms with Crippen molar-refractivity contribution >= 4 is 0 Å². The molecule has 0 aromatic carbocycles. The maximum absolute atomic E-state index is 3.52. The molecule has 0 unspecified atom stereocenters. The van der Waals surface area contributed by atoms with Crippen molar-refractivity contribution in [3.05, 3.63) is 0 Å². The fraction of sp³-hybridized carbons (Fsp3) is 1.00. The molecule has 2 heteroatoms. The van der Waals surface area contributed by atoms with E-state index in [4.69, 9.17) is 0 Å². The molecule has 0 aromatic heterocycles. The van der Waals surface area contributed by atoms with Crippen LogP contribution in [0.5, 0.6) is 0 Å². The minimum atomic E-state index is 0.701. The van der Waals surface area contributed by atoms with Crippen molar-refractivity contribution in [3.8, 4) is 0 Å². The first kappa shape index (κ1) is 10.4. The van der Waals surface area contributed by atoms with Gasteiger partial charge in [-0.2, -0.15) is 0 Å². The molecule has 0 aromatic rings. The maximum Gasteiger partial charge on any atom is 0.0167 e. The molecule has 0 amide bonds. The Morgan fingerprint density at radius 1 is 1.07 bits per heavy atom. The van der Waals surface area contributed by atoms with Gasteiger partial charge >= 0.3 is 0 Å².